The minimum Gasteiger partial charge on any atom is -0.338 e. The molecule has 1 aliphatic rings. The van der Waals surface area contributed by atoms with Gasteiger partial charge < -0.3 is 10.6 Å². The third-order valence-electron chi connectivity index (χ3n) is 3.99. The van der Waals surface area contributed by atoms with E-state index < -0.39 is 22.0 Å². The topological polar surface area (TPSA) is 101 Å². The molecule has 24 heavy (non-hydrogen) atoms. The maximum absolute atomic E-state index is 12.5. The first-order chi connectivity index (χ1) is 10.6. The molecule has 1 aromatic rings. The van der Waals surface area contributed by atoms with Crippen molar-refractivity contribution in [2.24, 2.45) is 5.73 Å². The molecule has 9 heteroatoms. The molecule has 1 atom stereocenters. The maximum atomic E-state index is 12.5. The third-order valence-corrected chi connectivity index (χ3v) is 5.99. The number of fused-ring (bicyclic) bond motifs is 1. The lowest BCUT2D eigenvalue weighted by Gasteiger charge is -2.23. The van der Waals surface area contributed by atoms with Gasteiger partial charge in [-0.15, -0.1) is 12.4 Å². The van der Waals surface area contributed by atoms with Gasteiger partial charge in [-0.25, -0.2) is 12.7 Å². The van der Waals surface area contributed by atoms with E-state index in [0.717, 1.165) is 4.31 Å². The van der Waals surface area contributed by atoms with Crippen molar-refractivity contribution in [1.82, 2.24) is 9.21 Å². The second kappa shape index (κ2) is 7.08. The minimum absolute atomic E-state index is 0. The summed E-state index contributed by atoms with van der Waals surface area (Å²) in [7, 11) is -2.31. The third kappa shape index (κ3) is 3.13. The number of sulfonamides is 1. The number of benzene rings is 1. The van der Waals surface area contributed by atoms with E-state index in [1.165, 1.54) is 23.1 Å². The molecule has 0 aliphatic carbocycles. The minimum atomic E-state index is -3.91. The smallest absolute Gasteiger partial charge is 0.269 e. The van der Waals surface area contributed by atoms with Crippen LogP contribution in [0.1, 0.15) is 41.5 Å². The van der Waals surface area contributed by atoms with Crippen molar-refractivity contribution in [2.75, 3.05) is 13.6 Å². The number of likely N-dealkylation sites (N-methyl/N-ethyl adjacent to an activating group) is 1. The van der Waals surface area contributed by atoms with E-state index in [-0.39, 0.29) is 40.4 Å². The van der Waals surface area contributed by atoms with Gasteiger partial charge in [-0.1, -0.05) is 0 Å². The number of amides is 2. The molecule has 2 amide bonds. The van der Waals surface area contributed by atoms with Crippen molar-refractivity contribution in [3.8, 4) is 0 Å². The average Bonchev–Trinajstić information content (AvgIpc) is 2.71. The van der Waals surface area contributed by atoms with Crippen LogP contribution in [0, 0.1) is 0 Å². The molecule has 2 N–H and O–H groups in total. The molecule has 134 valence electrons. The van der Waals surface area contributed by atoms with Crippen LogP contribution in [0.5, 0.6) is 0 Å². The number of nitrogens with two attached hydrogens (primary N) is 1. The van der Waals surface area contributed by atoms with Crippen molar-refractivity contribution in [3.05, 3.63) is 29.3 Å². The molecular formula is C15H22ClN3O4S. The van der Waals surface area contributed by atoms with E-state index in [1.807, 2.05) is 0 Å². The van der Waals surface area contributed by atoms with Crippen LogP contribution in [-0.4, -0.2) is 55.1 Å². The van der Waals surface area contributed by atoms with Crippen LogP contribution in [0.3, 0.4) is 0 Å². The first kappa shape index (κ1) is 20.4. The lowest BCUT2D eigenvalue weighted by Crippen LogP contribution is -2.39. The molecule has 1 heterocycles. The Labute approximate surface area is 148 Å². The van der Waals surface area contributed by atoms with Crippen LogP contribution in [0.2, 0.25) is 0 Å². The number of nitrogens with zero attached hydrogens (tertiary/aromatic N) is 2. The molecule has 1 unspecified atom stereocenters. The van der Waals surface area contributed by atoms with Gasteiger partial charge in [-0.2, -0.15) is 0 Å². The van der Waals surface area contributed by atoms with Gasteiger partial charge in [0.1, 0.15) is 4.90 Å². The number of hydrogen-bond acceptors (Lipinski definition) is 5. The Kier molecular flexibility index (Phi) is 6.02. The predicted molar refractivity (Wildman–Crippen MR) is 92.8 cm³/mol. The lowest BCUT2D eigenvalue weighted by atomic mass is 10.1. The molecule has 0 spiro atoms. The van der Waals surface area contributed by atoms with E-state index in [4.69, 9.17) is 5.73 Å². The van der Waals surface area contributed by atoms with Crippen molar-refractivity contribution in [3.63, 3.8) is 0 Å². The van der Waals surface area contributed by atoms with Crippen LogP contribution in [0.25, 0.3) is 0 Å². The van der Waals surface area contributed by atoms with Gasteiger partial charge in [-0.3, -0.25) is 9.59 Å². The van der Waals surface area contributed by atoms with Crippen LogP contribution < -0.4 is 5.73 Å². The summed E-state index contributed by atoms with van der Waals surface area (Å²) in [4.78, 5) is 26.0. The second-order valence-corrected chi connectivity index (χ2v) is 7.69. The number of carbonyl (C=O) groups excluding carboxylic acids is 2. The largest absolute Gasteiger partial charge is 0.338 e. The summed E-state index contributed by atoms with van der Waals surface area (Å²) in [6.07, 6.45) is 0. The fourth-order valence-corrected chi connectivity index (χ4v) is 4.25. The number of halogens is 1. The summed E-state index contributed by atoms with van der Waals surface area (Å²) < 4.78 is 25.9. The van der Waals surface area contributed by atoms with E-state index in [1.54, 1.807) is 27.8 Å². The second-order valence-electron chi connectivity index (χ2n) is 5.91. The van der Waals surface area contributed by atoms with Gasteiger partial charge in [0, 0.05) is 31.2 Å². The highest BCUT2D eigenvalue weighted by atomic mass is 35.5. The molecule has 7 nitrogen and oxygen atoms in total. The van der Waals surface area contributed by atoms with Gasteiger partial charge in [0.05, 0.1) is 5.56 Å². The highest BCUT2D eigenvalue weighted by Crippen LogP contribution is 2.32. The van der Waals surface area contributed by atoms with E-state index in [2.05, 4.69) is 0 Å². The van der Waals surface area contributed by atoms with Gasteiger partial charge >= 0.3 is 0 Å². The number of carbonyl (C=O) groups is 2. The van der Waals surface area contributed by atoms with Crippen molar-refractivity contribution >= 4 is 34.2 Å². The normalized spacial score (nSPS) is 16.6. The first-order valence-corrected chi connectivity index (χ1v) is 8.77. The number of hydrogen-bond donors (Lipinski definition) is 1. The van der Waals surface area contributed by atoms with E-state index in [0.29, 0.717) is 6.54 Å². The highest BCUT2D eigenvalue weighted by Gasteiger charge is 2.43. The van der Waals surface area contributed by atoms with Crippen LogP contribution in [0.4, 0.5) is 0 Å². The van der Waals surface area contributed by atoms with Crippen molar-refractivity contribution in [1.29, 1.82) is 0 Å². The fraction of sp³-hybridized carbons (Fsp3) is 0.467. The zero-order chi connectivity index (χ0) is 17.5. The van der Waals surface area contributed by atoms with Gasteiger partial charge in [0.15, 0.2) is 0 Å². The average molecular weight is 376 g/mol. The summed E-state index contributed by atoms with van der Waals surface area (Å²) in [5, 5.41) is 0. The Hall–Kier alpha value is -1.64. The zero-order valence-electron chi connectivity index (χ0n) is 14.0. The summed E-state index contributed by atoms with van der Waals surface area (Å²) in [6.45, 7) is 5.35. The maximum Gasteiger partial charge on any atom is 0.269 e. The Balaban J connectivity index is 0.00000288. The Bertz CT molecular complexity index is 764. The molecule has 0 saturated heterocycles. The summed E-state index contributed by atoms with van der Waals surface area (Å²) >= 11 is 0. The molecule has 1 aromatic carbocycles. The number of rotatable bonds is 4. The van der Waals surface area contributed by atoms with E-state index in [9.17, 15) is 18.0 Å². The predicted octanol–water partition coefficient (Wildman–Crippen LogP) is 1.08. The molecule has 1 aliphatic heterocycles. The molecule has 0 bridgehead atoms. The van der Waals surface area contributed by atoms with Crippen LogP contribution >= 0.6 is 12.4 Å². The van der Waals surface area contributed by atoms with Crippen molar-refractivity contribution in [2.45, 2.75) is 37.8 Å². The lowest BCUT2D eigenvalue weighted by molar-refractivity contribution is 0.0746. The Morgan fingerprint density at radius 2 is 1.88 bits per heavy atom. The fourth-order valence-electron chi connectivity index (χ4n) is 2.45. The van der Waals surface area contributed by atoms with Crippen LogP contribution in [-0.2, 0) is 10.0 Å². The molecule has 0 aromatic heterocycles. The highest BCUT2D eigenvalue weighted by molar-refractivity contribution is 7.90. The van der Waals surface area contributed by atoms with E-state index >= 15 is 0 Å². The van der Waals surface area contributed by atoms with Crippen LogP contribution in [0.15, 0.2) is 23.1 Å². The summed E-state index contributed by atoms with van der Waals surface area (Å²) in [5.41, 5.74) is 5.87. The molecule has 0 fully saturated rings. The Morgan fingerprint density at radius 3 is 2.38 bits per heavy atom. The Morgan fingerprint density at radius 1 is 1.29 bits per heavy atom. The standard InChI is InChI=1S/C15H21N3O4S.ClH/c1-9(2)18-15(20)12-6-5-11(7-13(12)23(18,21)22)14(19)17(4)10(3)8-16;/h5-7,9-10H,8,16H2,1-4H3;1H. The quantitative estimate of drug-likeness (QED) is 0.848. The van der Waals surface area contributed by atoms with Crippen molar-refractivity contribution < 1.29 is 18.0 Å². The molecular weight excluding hydrogens is 354 g/mol. The molecule has 0 saturated carbocycles. The monoisotopic (exact) mass is 375 g/mol. The van der Waals surface area contributed by atoms with Gasteiger partial charge in [0.2, 0.25) is 0 Å². The summed E-state index contributed by atoms with van der Waals surface area (Å²) in [5.74, 6) is -0.894. The SMILES string of the molecule is CC(CN)N(C)C(=O)c1ccc2c(c1)S(=O)(=O)N(C(C)C)C2=O.Cl. The molecule has 0 radical (unpaired) electrons. The van der Waals surface area contributed by atoms with Gasteiger partial charge in [0.25, 0.3) is 21.8 Å². The molecule has 2 rings (SSSR count). The summed E-state index contributed by atoms with van der Waals surface area (Å²) in [6, 6.07) is 3.47. The van der Waals surface area contributed by atoms with Gasteiger partial charge in [-0.05, 0) is 39.0 Å². The zero-order valence-corrected chi connectivity index (χ0v) is 15.6. The first-order valence-electron chi connectivity index (χ1n) is 7.33.